The summed E-state index contributed by atoms with van der Waals surface area (Å²) >= 11 is 6.01. The zero-order chi connectivity index (χ0) is 21.9. The summed E-state index contributed by atoms with van der Waals surface area (Å²) in [7, 11) is -2.23. The predicted octanol–water partition coefficient (Wildman–Crippen LogP) is 4.96. The molecule has 166 valence electrons. The highest BCUT2D eigenvalue weighted by atomic mass is 35.5. The second kappa shape index (κ2) is 9.41. The molecule has 5 nitrogen and oxygen atoms in total. The van der Waals surface area contributed by atoms with Gasteiger partial charge in [0, 0.05) is 17.5 Å². The van der Waals surface area contributed by atoms with Crippen molar-refractivity contribution in [1.29, 1.82) is 0 Å². The lowest BCUT2D eigenvalue weighted by atomic mass is 9.45. The standard InChI is InChI=1S/C23H32ClNO4S/c1-23(2)17-13-16(9-6-4-5-7-12-21(26)29-3)22(20(23)14-17)25-30(27,28)19-11-8-10-18(24)15-19/h4,6,8,10-11,15-17,20,22,25H,5,7,9,12-14H2,1-3H3/t16-,17-,20-,22+/m0/s1. The van der Waals surface area contributed by atoms with Gasteiger partial charge in [0.05, 0.1) is 12.0 Å². The van der Waals surface area contributed by atoms with E-state index in [1.807, 2.05) is 0 Å². The van der Waals surface area contributed by atoms with Gasteiger partial charge in [-0.25, -0.2) is 13.1 Å². The summed E-state index contributed by atoms with van der Waals surface area (Å²) in [6.07, 6.45) is 9.18. The fourth-order valence-corrected chi connectivity index (χ4v) is 6.71. The Morgan fingerprint density at radius 2 is 2.07 bits per heavy atom. The van der Waals surface area contributed by atoms with E-state index in [1.165, 1.54) is 13.2 Å². The van der Waals surface area contributed by atoms with E-state index in [9.17, 15) is 13.2 Å². The molecular weight excluding hydrogens is 422 g/mol. The average molecular weight is 454 g/mol. The highest BCUT2D eigenvalue weighted by molar-refractivity contribution is 7.89. The van der Waals surface area contributed by atoms with Gasteiger partial charge in [0.1, 0.15) is 0 Å². The van der Waals surface area contributed by atoms with Gasteiger partial charge in [-0.2, -0.15) is 0 Å². The number of nitrogens with one attached hydrogen (secondary N) is 1. The van der Waals surface area contributed by atoms with E-state index < -0.39 is 10.0 Å². The van der Waals surface area contributed by atoms with Crippen molar-refractivity contribution >= 4 is 27.6 Å². The van der Waals surface area contributed by atoms with Crippen LogP contribution in [0.3, 0.4) is 0 Å². The number of carbonyl (C=O) groups excluding carboxylic acids is 1. The molecule has 0 aliphatic heterocycles. The number of hydrogen-bond acceptors (Lipinski definition) is 4. The van der Waals surface area contributed by atoms with Gasteiger partial charge in [-0.1, -0.05) is 43.7 Å². The smallest absolute Gasteiger partial charge is 0.305 e. The minimum absolute atomic E-state index is 0.0892. The monoisotopic (exact) mass is 453 g/mol. The van der Waals surface area contributed by atoms with E-state index in [2.05, 4.69) is 35.5 Å². The third kappa shape index (κ3) is 5.09. The Kier molecular flexibility index (Phi) is 7.31. The van der Waals surface area contributed by atoms with Crippen LogP contribution in [-0.2, 0) is 19.6 Å². The van der Waals surface area contributed by atoms with Gasteiger partial charge in [-0.3, -0.25) is 4.79 Å². The molecule has 4 rings (SSSR count). The van der Waals surface area contributed by atoms with Crippen molar-refractivity contribution in [2.45, 2.75) is 63.3 Å². The average Bonchev–Trinajstić information content (AvgIpc) is 2.70. The molecule has 30 heavy (non-hydrogen) atoms. The van der Waals surface area contributed by atoms with Crippen LogP contribution in [0.15, 0.2) is 41.3 Å². The number of sulfonamides is 1. The zero-order valence-electron chi connectivity index (χ0n) is 17.9. The van der Waals surface area contributed by atoms with E-state index in [0.29, 0.717) is 23.3 Å². The van der Waals surface area contributed by atoms with E-state index >= 15 is 0 Å². The summed E-state index contributed by atoms with van der Waals surface area (Å²) in [5.41, 5.74) is 0.155. The molecule has 1 aromatic rings. The van der Waals surface area contributed by atoms with Crippen LogP contribution in [0.1, 0.15) is 52.4 Å². The minimum Gasteiger partial charge on any atom is -0.469 e. The molecule has 2 bridgehead atoms. The number of unbranched alkanes of at least 4 members (excludes halogenated alkanes) is 1. The molecule has 3 aliphatic carbocycles. The molecule has 0 aromatic heterocycles. The lowest BCUT2D eigenvalue weighted by Crippen LogP contribution is -2.63. The maximum atomic E-state index is 13.0. The third-order valence-electron chi connectivity index (χ3n) is 7.06. The van der Waals surface area contributed by atoms with Crippen molar-refractivity contribution in [3.05, 3.63) is 41.4 Å². The van der Waals surface area contributed by atoms with Gasteiger partial charge >= 0.3 is 5.97 Å². The van der Waals surface area contributed by atoms with Gasteiger partial charge in [-0.05, 0) is 73.5 Å². The highest BCUT2D eigenvalue weighted by Gasteiger charge is 2.58. The van der Waals surface area contributed by atoms with Gasteiger partial charge in [0.25, 0.3) is 0 Å². The van der Waals surface area contributed by atoms with E-state index in [1.54, 1.807) is 18.2 Å². The summed E-state index contributed by atoms with van der Waals surface area (Å²) in [6.45, 7) is 4.51. The SMILES string of the molecule is COC(=O)CCCC=CC[C@H]1C[C@H]2C[C@@H]([C@@H]1NS(=O)(=O)c1cccc(Cl)c1)C2(C)C. The Morgan fingerprint density at radius 3 is 2.73 bits per heavy atom. The molecule has 7 heteroatoms. The third-order valence-corrected chi connectivity index (χ3v) is 8.75. The quantitative estimate of drug-likeness (QED) is 0.326. The van der Waals surface area contributed by atoms with Crippen LogP contribution in [0, 0.1) is 23.2 Å². The molecular formula is C23H32ClNO4S. The second-order valence-electron chi connectivity index (χ2n) is 9.14. The normalized spacial score (nSPS) is 27.6. The molecule has 0 radical (unpaired) electrons. The van der Waals surface area contributed by atoms with E-state index in [-0.39, 0.29) is 28.2 Å². The van der Waals surface area contributed by atoms with Crippen molar-refractivity contribution in [2.75, 3.05) is 7.11 Å². The Bertz CT molecular complexity index is 896. The van der Waals surface area contributed by atoms with Crippen LogP contribution in [-0.4, -0.2) is 27.5 Å². The first-order chi connectivity index (χ1) is 14.1. The highest BCUT2D eigenvalue weighted by Crippen LogP contribution is 2.61. The topological polar surface area (TPSA) is 72.5 Å². The molecule has 3 aliphatic rings. The Morgan fingerprint density at radius 1 is 1.30 bits per heavy atom. The lowest BCUT2D eigenvalue weighted by molar-refractivity contribution is -0.140. The summed E-state index contributed by atoms with van der Waals surface area (Å²) in [6, 6.07) is 6.33. The number of hydrogen-bond donors (Lipinski definition) is 1. The first-order valence-corrected chi connectivity index (χ1v) is 12.5. The number of rotatable bonds is 9. The zero-order valence-corrected chi connectivity index (χ0v) is 19.5. The van der Waals surface area contributed by atoms with Gasteiger partial charge in [0.15, 0.2) is 0 Å². The molecule has 3 saturated carbocycles. The van der Waals surface area contributed by atoms with Gasteiger partial charge in [0.2, 0.25) is 10.0 Å². The Hall–Kier alpha value is -1.37. The number of ether oxygens (including phenoxy) is 1. The molecule has 0 amide bonds. The van der Waals surface area contributed by atoms with Crippen LogP contribution >= 0.6 is 11.6 Å². The fourth-order valence-electron chi connectivity index (χ4n) is 5.06. The van der Waals surface area contributed by atoms with Crippen molar-refractivity contribution in [3.63, 3.8) is 0 Å². The fraction of sp³-hybridized carbons (Fsp3) is 0.609. The van der Waals surface area contributed by atoms with Crippen LogP contribution in [0.2, 0.25) is 5.02 Å². The number of esters is 1. The Labute approximate surface area is 185 Å². The Balaban J connectivity index is 1.66. The van der Waals surface area contributed by atoms with Crippen LogP contribution in [0.25, 0.3) is 0 Å². The summed E-state index contributed by atoms with van der Waals surface area (Å²) in [4.78, 5) is 11.4. The maximum Gasteiger partial charge on any atom is 0.305 e. The van der Waals surface area contributed by atoms with E-state index in [4.69, 9.17) is 11.6 Å². The van der Waals surface area contributed by atoms with Crippen molar-refractivity contribution in [3.8, 4) is 0 Å². The molecule has 4 atom stereocenters. The number of carbonyl (C=O) groups is 1. The molecule has 0 saturated heterocycles. The first kappa shape index (κ1) is 23.3. The molecule has 0 unspecified atom stereocenters. The number of methoxy groups -OCH3 is 1. The summed E-state index contributed by atoms with van der Waals surface area (Å²) in [5.74, 6) is 1.07. The second-order valence-corrected chi connectivity index (χ2v) is 11.3. The molecule has 0 spiro atoms. The number of halogens is 1. The van der Waals surface area contributed by atoms with E-state index in [0.717, 1.165) is 32.1 Å². The predicted molar refractivity (Wildman–Crippen MR) is 119 cm³/mol. The van der Waals surface area contributed by atoms with Crippen molar-refractivity contribution in [2.24, 2.45) is 23.2 Å². The van der Waals surface area contributed by atoms with Crippen LogP contribution < -0.4 is 4.72 Å². The van der Waals surface area contributed by atoms with Crippen molar-refractivity contribution in [1.82, 2.24) is 4.72 Å². The van der Waals surface area contributed by atoms with Crippen LogP contribution in [0.5, 0.6) is 0 Å². The molecule has 1 aromatic carbocycles. The lowest BCUT2D eigenvalue weighted by Gasteiger charge is -2.62. The maximum absolute atomic E-state index is 13.0. The first-order valence-electron chi connectivity index (χ1n) is 10.6. The minimum atomic E-state index is -3.64. The summed E-state index contributed by atoms with van der Waals surface area (Å²) in [5, 5.41) is 0.414. The molecule has 0 heterocycles. The molecule has 1 N–H and O–H groups in total. The number of allylic oxidation sites excluding steroid dienone is 2. The summed E-state index contributed by atoms with van der Waals surface area (Å²) < 4.78 is 33.8. The van der Waals surface area contributed by atoms with Crippen LogP contribution in [0.4, 0.5) is 0 Å². The van der Waals surface area contributed by atoms with Gasteiger partial charge in [-0.15, -0.1) is 0 Å². The number of benzene rings is 1. The van der Waals surface area contributed by atoms with Gasteiger partial charge < -0.3 is 4.74 Å². The number of fused-ring (bicyclic) bond motifs is 2. The molecule has 3 fully saturated rings. The largest absolute Gasteiger partial charge is 0.469 e. The van der Waals surface area contributed by atoms with Crippen molar-refractivity contribution < 1.29 is 17.9 Å².